The largest absolute Gasteiger partial charge is 0.495 e. The molecule has 0 aliphatic heterocycles. The molecule has 13 heavy (non-hydrogen) atoms. The molecule has 4 heteroatoms. The lowest BCUT2D eigenvalue weighted by Crippen LogP contribution is -1.84. The summed E-state index contributed by atoms with van der Waals surface area (Å²) in [5, 5.41) is 3.50. The van der Waals surface area contributed by atoms with Gasteiger partial charge in [0.2, 0.25) is 0 Å². The first-order valence-electron chi connectivity index (χ1n) is 3.72. The van der Waals surface area contributed by atoms with E-state index < -0.39 is 0 Å². The first kappa shape index (κ1) is 8.66. The molecule has 0 aliphatic carbocycles. The van der Waals surface area contributed by atoms with Gasteiger partial charge < -0.3 is 10.5 Å². The van der Waals surface area contributed by atoms with Crippen molar-refractivity contribution >= 4 is 38.7 Å². The summed E-state index contributed by atoms with van der Waals surface area (Å²) in [7, 11) is 1.60. The summed E-state index contributed by atoms with van der Waals surface area (Å²) in [6.07, 6.45) is 0. The van der Waals surface area contributed by atoms with Gasteiger partial charge in [0.25, 0.3) is 0 Å². The highest BCUT2D eigenvalue weighted by atomic mass is 35.5. The number of thiophene rings is 1. The van der Waals surface area contributed by atoms with E-state index in [0.29, 0.717) is 10.8 Å². The van der Waals surface area contributed by atoms with Crippen LogP contribution in [0.25, 0.3) is 10.1 Å². The molecule has 0 saturated carbocycles. The third-order valence-corrected chi connectivity index (χ3v) is 3.14. The van der Waals surface area contributed by atoms with Crippen molar-refractivity contribution in [3.63, 3.8) is 0 Å². The van der Waals surface area contributed by atoms with Crippen LogP contribution in [0.5, 0.6) is 5.75 Å². The zero-order valence-electron chi connectivity index (χ0n) is 7.00. The summed E-state index contributed by atoms with van der Waals surface area (Å²) in [4.78, 5) is 0. The fraction of sp³-hybridized carbons (Fsp3) is 0.111. The number of rotatable bonds is 1. The lowest BCUT2D eigenvalue weighted by molar-refractivity contribution is 0.415. The minimum absolute atomic E-state index is 0.597. The maximum Gasteiger partial charge on any atom is 0.138 e. The number of anilines is 1. The molecule has 0 radical (unpaired) electrons. The zero-order valence-corrected chi connectivity index (χ0v) is 8.58. The van der Waals surface area contributed by atoms with Gasteiger partial charge in [0.15, 0.2) is 0 Å². The van der Waals surface area contributed by atoms with E-state index in [1.165, 1.54) is 0 Å². The third-order valence-electron chi connectivity index (χ3n) is 1.88. The Morgan fingerprint density at radius 1 is 1.46 bits per heavy atom. The van der Waals surface area contributed by atoms with E-state index in [-0.39, 0.29) is 0 Å². The number of hydrogen-bond acceptors (Lipinski definition) is 3. The number of ether oxygens (including phenoxy) is 1. The lowest BCUT2D eigenvalue weighted by atomic mass is 10.2. The average Bonchev–Trinajstić information content (AvgIpc) is 2.47. The maximum absolute atomic E-state index is 5.96. The van der Waals surface area contributed by atoms with E-state index in [9.17, 15) is 0 Å². The van der Waals surface area contributed by atoms with Gasteiger partial charge in [-0.15, -0.1) is 11.3 Å². The Balaban J connectivity index is 2.76. The molecule has 2 N–H and O–H groups in total. The second-order valence-electron chi connectivity index (χ2n) is 2.67. The second kappa shape index (κ2) is 3.09. The molecule has 0 fully saturated rings. The normalized spacial score (nSPS) is 10.6. The van der Waals surface area contributed by atoms with Crippen LogP contribution in [0, 0.1) is 0 Å². The van der Waals surface area contributed by atoms with Gasteiger partial charge >= 0.3 is 0 Å². The van der Waals surface area contributed by atoms with Crippen LogP contribution < -0.4 is 10.5 Å². The van der Waals surface area contributed by atoms with Gasteiger partial charge in [0.1, 0.15) is 5.75 Å². The van der Waals surface area contributed by atoms with Crippen molar-refractivity contribution in [2.45, 2.75) is 0 Å². The van der Waals surface area contributed by atoms with Crippen LogP contribution in [0.15, 0.2) is 17.5 Å². The third kappa shape index (κ3) is 1.34. The molecule has 2 rings (SSSR count). The Morgan fingerprint density at radius 2 is 2.23 bits per heavy atom. The summed E-state index contributed by atoms with van der Waals surface area (Å²) >= 11 is 7.54. The first-order chi connectivity index (χ1) is 6.22. The quantitative estimate of drug-likeness (QED) is 0.790. The van der Waals surface area contributed by atoms with E-state index in [2.05, 4.69) is 0 Å². The van der Waals surface area contributed by atoms with E-state index in [1.807, 2.05) is 17.5 Å². The SMILES string of the molecule is COc1cc2scc(N)c2cc1Cl. The Morgan fingerprint density at radius 3 is 2.92 bits per heavy atom. The van der Waals surface area contributed by atoms with Crippen molar-refractivity contribution in [3.8, 4) is 5.75 Å². The number of methoxy groups -OCH3 is 1. The molecule has 68 valence electrons. The fourth-order valence-corrected chi connectivity index (χ4v) is 2.31. The molecule has 0 bridgehead atoms. The lowest BCUT2D eigenvalue weighted by Gasteiger charge is -2.02. The van der Waals surface area contributed by atoms with Crippen molar-refractivity contribution in [1.82, 2.24) is 0 Å². The molecule has 0 atom stereocenters. The Hall–Kier alpha value is -0.930. The molecule has 0 spiro atoms. The minimum atomic E-state index is 0.597. The molecule has 1 aromatic carbocycles. The summed E-state index contributed by atoms with van der Waals surface area (Å²) < 4.78 is 6.19. The highest BCUT2D eigenvalue weighted by molar-refractivity contribution is 7.17. The summed E-state index contributed by atoms with van der Waals surface area (Å²) in [5.74, 6) is 0.691. The predicted molar refractivity (Wildman–Crippen MR) is 57.8 cm³/mol. The summed E-state index contributed by atoms with van der Waals surface area (Å²) in [6, 6.07) is 3.74. The van der Waals surface area contributed by atoms with Crippen LogP contribution in [-0.4, -0.2) is 7.11 Å². The van der Waals surface area contributed by atoms with E-state index in [1.54, 1.807) is 18.4 Å². The maximum atomic E-state index is 5.96. The molecule has 1 aromatic heterocycles. The summed E-state index contributed by atoms with van der Waals surface area (Å²) in [5.41, 5.74) is 6.52. The highest BCUT2D eigenvalue weighted by Crippen LogP contribution is 2.35. The number of benzene rings is 1. The molecular weight excluding hydrogens is 206 g/mol. The monoisotopic (exact) mass is 213 g/mol. The number of nitrogen functional groups attached to an aromatic ring is 1. The highest BCUT2D eigenvalue weighted by Gasteiger charge is 2.06. The van der Waals surface area contributed by atoms with Gasteiger partial charge in [-0.25, -0.2) is 0 Å². The van der Waals surface area contributed by atoms with Gasteiger partial charge in [-0.2, -0.15) is 0 Å². The molecule has 0 unspecified atom stereocenters. The van der Waals surface area contributed by atoms with Gasteiger partial charge in [-0.1, -0.05) is 11.6 Å². The molecule has 2 nitrogen and oxygen atoms in total. The van der Waals surface area contributed by atoms with Crippen LogP contribution in [0.4, 0.5) is 5.69 Å². The fourth-order valence-electron chi connectivity index (χ4n) is 1.20. The molecule has 1 heterocycles. The molecule has 0 saturated heterocycles. The summed E-state index contributed by atoms with van der Waals surface area (Å²) in [6.45, 7) is 0. The van der Waals surface area contributed by atoms with Crippen LogP contribution in [0.1, 0.15) is 0 Å². The van der Waals surface area contributed by atoms with Gasteiger partial charge in [0.05, 0.1) is 17.8 Å². The van der Waals surface area contributed by atoms with Gasteiger partial charge in [-0.05, 0) is 12.1 Å². The minimum Gasteiger partial charge on any atom is -0.495 e. The van der Waals surface area contributed by atoms with E-state index in [4.69, 9.17) is 22.1 Å². The molecule has 0 aliphatic rings. The second-order valence-corrected chi connectivity index (χ2v) is 3.99. The zero-order chi connectivity index (χ0) is 9.42. The number of fused-ring (bicyclic) bond motifs is 1. The topological polar surface area (TPSA) is 35.2 Å². The number of halogens is 1. The standard InChI is InChI=1S/C9H8ClNOS/c1-12-8-3-9-5(2-6(8)10)7(11)4-13-9/h2-4H,11H2,1H3. The van der Waals surface area contributed by atoms with E-state index >= 15 is 0 Å². The number of nitrogens with two attached hydrogens (primary N) is 1. The Labute approximate surface area is 84.9 Å². The van der Waals surface area contributed by atoms with Gasteiger partial charge in [0, 0.05) is 15.5 Å². The smallest absolute Gasteiger partial charge is 0.138 e. The average molecular weight is 214 g/mol. The van der Waals surface area contributed by atoms with E-state index in [0.717, 1.165) is 15.8 Å². The van der Waals surface area contributed by atoms with Crippen molar-refractivity contribution in [2.24, 2.45) is 0 Å². The first-order valence-corrected chi connectivity index (χ1v) is 4.98. The molecule has 0 amide bonds. The van der Waals surface area contributed by atoms with Crippen LogP contribution >= 0.6 is 22.9 Å². The van der Waals surface area contributed by atoms with Gasteiger partial charge in [-0.3, -0.25) is 0 Å². The molecule has 2 aromatic rings. The van der Waals surface area contributed by atoms with Crippen molar-refractivity contribution < 1.29 is 4.74 Å². The Bertz CT molecular complexity index is 452. The molecular formula is C9H8ClNOS. The van der Waals surface area contributed by atoms with Crippen LogP contribution in [0.3, 0.4) is 0 Å². The van der Waals surface area contributed by atoms with Crippen LogP contribution in [0.2, 0.25) is 5.02 Å². The van der Waals surface area contributed by atoms with Crippen molar-refractivity contribution in [1.29, 1.82) is 0 Å². The number of hydrogen-bond donors (Lipinski definition) is 1. The van der Waals surface area contributed by atoms with Crippen LogP contribution in [-0.2, 0) is 0 Å². The van der Waals surface area contributed by atoms with Crippen molar-refractivity contribution in [2.75, 3.05) is 12.8 Å². The van der Waals surface area contributed by atoms with Crippen molar-refractivity contribution in [3.05, 3.63) is 22.5 Å². The predicted octanol–water partition coefficient (Wildman–Crippen LogP) is 3.15. The Kier molecular flexibility index (Phi) is 2.06.